The molecule has 2 aromatic heterocycles. The lowest BCUT2D eigenvalue weighted by Crippen LogP contribution is -2.36. The van der Waals surface area contributed by atoms with Crippen LogP contribution in [0.25, 0.3) is 11.0 Å². The summed E-state index contributed by atoms with van der Waals surface area (Å²) in [5.74, 6) is -2.37. The van der Waals surface area contributed by atoms with Crippen LogP contribution in [0.15, 0.2) is 36.8 Å². The zero-order chi connectivity index (χ0) is 19.1. The first-order chi connectivity index (χ1) is 13.0. The predicted octanol–water partition coefficient (Wildman–Crippen LogP) is 1.49. The fourth-order valence-electron chi connectivity index (χ4n) is 3.63. The number of hydrogen-bond acceptors (Lipinski definition) is 6. The van der Waals surface area contributed by atoms with Gasteiger partial charge in [-0.2, -0.15) is 0 Å². The predicted molar refractivity (Wildman–Crippen MR) is 92.7 cm³/mol. The van der Waals surface area contributed by atoms with Crippen LogP contribution >= 0.6 is 0 Å². The number of fused-ring (bicyclic) bond motifs is 1. The first-order valence-corrected chi connectivity index (χ1v) is 8.49. The van der Waals surface area contributed by atoms with Gasteiger partial charge in [0.25, 0.3) is 0 Å². The zero-order valence-electron chi connectivity index (χ0n) is 14.0. The number of H-pyrrole nitrogens is 1. The number of halogens is 2. The Hall–Kier alpha value is -2.62. The molecule has 3 aromatic rings. The molecule has 0 bridgehead atoms. The molecular weight excluding hydrogens is 358 g/mol. The summed E-state index contributed by atoms with van der Waals surface area (Å²) in [6, 6.07) is 4.27. The summed E-state index contributed by atoms with van der Waals surface area (Å²) in [6.45, 7) is 0. The summed E-state index contributed by atoms with van der Waals surface area (Å²) in [7, 11) is 0. The average molecular weight is 376 g/mol. The third kappa shape index (κ3) is 3.14. The van der Waals surface area contributed by atoms with Gasteiger partial charge in [0.15, 0.2) is 11.6 Å². The largest absolute Gasteiger partial charge is 0.390 e. The Morgan fingerprint density at radius 1 is 1.11 bits per heavy atom. The minimum atomic E-state index is -1.26. The smallest absolute Gasteiger partial charge is 0.159 e. The molecule has 5 atom stereocenters. The molecule has 1 aliphatic carbocycles. The lowest BCUT2D eigenvalue weighted by molar-refractivity contribution is -0.0222. The second kappa shape index (κ2) is 6.84. The van der Waals surface area contributed by atoms with Gasteiger partial charge in [-0.25, -0.2) is 18.7 Å². The van der Waals surface area contributed by atoms with Crippen molar-refractivity contribution in [1.29, 1.82) is 0 Å². The van der Waals surface area contributed by atoms with Gasteiger partial charge in [-0.05, 0) is 30.2 Å². The number of benzene rings is 1. The number of nitrogens with zero attached hydrogens (tertiary/aromatic N) is 2. The summed E-state index contributed by atoms with van der Waals surface area (Å²) in [5, 5.41) is 35.1. The molecule has 0 radical (unpaired) electrons. The van der Waals surface area contributed by atoms with Gasteiger partial charge in [0.05, 0.1) is 23.6 Å². The number of hydrogen-bond donors (Lipinski definition) is 5. The van der Waals surface area contributed by atoms with Crippen molar-refractivity contribution in [3.05, 3.63) is 54.0 Å². The summed E-state index contributed by atoms with van der Waals surface area (Å²) in [4.78, 5) is 11.2. The van der Waals surface area contributed by atoms with Crippen molar-refractivity contribution in [2.24, 2.45) is 5.92 Å². The van der Waals surface area contributed by atoms with Crippen LogP contribution in [0.4, 0.5) is 14.6 Å². The SMILES string of the molecule is O[C@@H]1[C@H](O)[C@@H]([C@@H](O)c2ccc(F)c(F)c2)C[C@H]1Nc1ncnc2[nH]ccc12. The summed E-state index contributed by atoms with van der Waals surface area (Å²) in [5.41, 5.74) is 0.764. The Kier molecular flexibility index (Phi) is 4.50. The van der Waals surface area contributed by atoms with Gasteiger partial charge < -0.3 is 25.6 Å². The van der Waals surface area contributed by atoms with Crippen LogP contribution in [0, 0.1) is 17.6 Å². The van der Waals surface area contributed by atoms with E-state index < -0.39 is 41.9 Å². The standard InChI is InChI=1S/C18H18F2N4O3/c19-11-2-1-8(5-12(11)20)14(25)10-6-13(16(27)15(10)26)24-18-9-3-4-21-17(9)22-7-23-18/h1-5,7,10,13-16,25-27H,6H2,(H2,21,22,23,24)/t10-,13-,14+,15-,16+/m1/s1. The summed E-state index contributed by atoms with van der Waals surface area (Å²) >= 11 is 0. The quantitative estimate of drug-likeness (QED) is 0.471. The van der Waals surface area contributed by atoms with Crippen molar-refractivity contribution in [3.63, 3.8) is 0 Å². The van der Waals surface area contributed by atoms with Gasteiger partial charge in [-0.15, -0.1) is 0 Å². The lowest BCUT2D eigenvalue weighted by atomic mass is 9.92. The van der Waals surface area contributed by atoms with Crippen molar-refractivity contribution < 1.29 is 24.1 Å². The highest BCUT2D eigenvalue weighted by Gasteiger charge is 2.45. The van der Waals surface area contributed by atoms with Crippen LogP contribution in [0.5, 0.6) is 0 Å². The number of aromatic nitrogens is 3. The Bertz CT molecular complexity index is 967. The summed E-state index contributed by atoms with van der Waals surface area (Å²) in [6.07, 6.45) is -0.382. The molecule has 142 valence electrons. The zero-order valence-corrected chi connectivity index (χ0v) is 14.0. The van der Waals surface area contributed by atoms with E-state index in [9.17, 15) is 24.1 Å². The Morgan fingerprint density at radius 3 is 2.70 bits per heavy atom. The molecule has 1 aromatic carbocycles. The van der Waals surface area contributed by atoms with E-state index in [4.69, 9.17) is 0 Å². The van der Waals surface area contributed by atoms with Crippen molar-refractivity contribution in [3.8, 4) is 0 Å². The van der Waals surface area contributed by atoms with Crippen molar-refractivity contribution in [1.82, 2.24) is 15.0 Å². The van der Waals surface area contributed by atoms with Gasteiger partial charge in [-0.3, -0.25) is 0 Å². The molecule has 27 heavy (non-hydrogen) atoms. The van der Waals surface area contributed by atoms with Gasteiger partial charge in [0.2, 0.25) is 0 Å². The minimum Gasteiger partial charge on any atom is -0.390 e. The molecule has 9 heteroatoms. The van der Waals surface area contributed by atoms with Crippen LogP contribution in [0.2, 0.25) is 0 Å². The third-order valence-electron chi connectivity index (χ3n) is 5.09. The number of rotatable bonds is 4. The third-order valence-corrected chi connectivity index (χ3v) is 5.09. The van der Waals surface area contributed by atoms with E-state index in [0.29, 0.717) is 11.5 Å². The van der Waals surface area contributed by atoms with E-state index in [2.05, 4.69) is 20.3 Å². The maximum atomic E-state index is 13.5. The monoisotopic (exact) mass is 376 g/mol. The van der Waals surface area contributed by atoms with E-state index in [-0.39, 0.29) is 12.0 Å². The van der Waals surface area contributed by atoms with Crippen molar-refractivity contribution in [2.45, 2.75) is 30.8 Å². The fourth-order valence-corrected chi connectivity index (χ4v) is 3.63. The molecular formula is C18H18F2N4O3. The van der Waals surface area contributed by atoms with E-state index in [1.165, 1.54) is 12.4 Å². The van der Waals surface area contributed by atoms with Crippen LogP contribution in [0.1, 0.15) is 18.1 Å². The second-order valence-corrected chi connectivity index (χ2v) is 6.71. The topological polar surface area (TPSA) is 114 Å². The fraction of sp³-hybridized carbons (Fsp3) is 0.333. The first-order valence-electron chi connectivity index (χ1n) is 8.49. The van der Waals surface area contributed by atoms with Crippen LogP contribution in [-0.4, -0.2) is 48.5 Å². The normalized spacial score (nSPS) is 26.4. The minimum absolute atomic E-state index is 0.140. The molecule has 1 saturated carbocycles. The molecule has 1 aliphatic rings. The highest BCUT2D eigenvalue weighted by molar-refractivity contribution is 5.86. The molecule has 0 unspecified atom stereocenters. The van der Waals surface area contributed by atoms with E-state index in [1.54, 1.807) is 12.3 Å². The van der Waals surface area contributed by atoms with Gasteiger partial charge >= 0.3 is 0 Å². The molecule has 2 heterocycles. The highest BCUT2D eigenvalue weighted by atomic mass is 19.2. The number of nitrogens with one attached hydrogen (secondary N) is 2. The van der Waals surface area contributed by atoms with E-state index >= 15 is 0 Å². The van der Waals surface area contributed by atoms with Crippen LogP contribution in [0.3, 0.4) is 0 Å². The maximum absolute atomic E-state index is 13.5. The molecule has 0 spiro atoms. The maximum Gasteiger partial charge on any atom is 0.159 e. The number of anilines is 1. The highest BCUT2D eigenvalue weighted by Crippen LogP contribution is 2.38. The number of aliphatic hydroxyl groups is 3. The van der Waals surface area contributed by atoms with Crippen LogP contribution < -0.4 is 5.32 Å². The lowest BCUT2D eigenvalue weighted by Gasteiger charge is -2.22. The number of aromatic amines is 1. The van der Waals surface area contributed by atoms with Gasteiger partial charge in [0, 0.05) is 12.1 Å². The first kappa shape index (κ1) is 17.8. The Morgan fingerprint density at radius 2 is 1.93 bits per heavy atom. The summed E-state index contributed by atoms with van der Waals surface area (Å²) < 4.78 is 26.6. The van der Waals surface area contributed by atoms with Crippen molar-refractivity contribution >= 4 is 16.9 Å². The molecule has 7 nitrogen and oxygen atoms in total. The average Bonchev–Trinajstić information content (AvgIpc) is 3.24. The Labute approximate surface area is 152 Å². The van der Waals surface area contributed by atoms with Crippen LogP contribution in [-0.2, 0) is 0 Å². The molecule has 0 aliphatic heterocycles. The molecule has 1 fully saturated rings. The molecule has 4 rings (SSSR count). The second-order valence-electron chi connectivity index (χ2n) is 6.71. The van der Waals surface area contributed by atoms with Crippen molar-refractivity contribution in [2.75, 3.05) is 5.32 Å². The molecule has 0 saturated heterocycles. The van der Waals surface area contributed by atoms with E-state index in [1.807, 2.05) is 0 Å². The van der Waals surface area contributed by atoms with Gasteiger partial charge in [0.1, 0.15) is 23.9 Å². The van der Waals surface area contributed by atoms with Gasteiger partial charge in [-0.1, -0.05) is 6.07 Å². The molecule has 5 N–H and O–H groups in total. The van der Waals surface area contributed by atoms with E-state index in [0.717, 1.165) is 17.5 Å². The Balaban J connectivity index is 1.55. The molecule has 0 amide bonds. The number of aliphatic hydroxyl groups excluding tert-OH is 3.